The van der Waals surface area contributed by atoms with Crippen LogP contribution in [0.25, 0.3) is 22.6 Å². The monoisotopic (exact) mass is 409 g/mol. The Hall–Kier alpha value is -4.02. The van der Waals surface area contributed by atoms with Crippen LogP contribution in [-0.4, -0.2) is 34.8 Å². The van der Waals surface area contributed by atoms with E-state index in [1.165, 1.54) is 29.6 Å². The Morgan fingerprint density at radius 3 is 2.63 bits per heavy atom. The number of hydrogen-bond acceptors (Lipinski definition) is 7. The Labute approximate surface area is 169 Å². The lowest BCUT2D eigenvalue weighted by Crippen LogP contribution is -2.37. The van der Waals surface area contributed by atoms with E-state index in [0.717, 1.165) is 21.3 Å². The summed E-state index contributed by atoms with van der Waals surface area (Å²) in [5, 5.41) is 10.4. The van der Waals surface area contributed by atoms with Gasteiger partial charge in [0.05, 0.1) is 6.33 Å². The summed E-state index contributed by atoms with van der Waals surface area (Å²) in [6.45, 7) is 3.70. The second-order valence-corrected chi connectivity index (χ2v) is 7.03. The van der Waals surface area contributed by atoms with Crippen molar-refractivity contribution >= 4 is 23.1 Å². The van der Waals surface area contributed by atoms with Gasteiger partial charge in [-0.3, -0.25) is 24.0 Å². The van der Waals surface area contributed by atoms with Crippen molar-refractivity contribution in [3.8, 4) is 11.5 Å². The molecular weight excluding hydrogens is 390 g/mol. The number of rotatable bonds is 4. The molecule has 11 nitrogen and oxygen atoms in total. The van der Waals surface area contributed by atoms with Crippen molar-refractivity contribution in [1.82, 2.24) is 28.9 Å². The van der Waals surface area contributed by atoms with E-state index >= 15 is 0 Å². The zero-order chi connectivity index (χ0) is 21.6. The summed E-state index contributed by atoms with van der Waals surface area (Å²) in [6.07, 6.45) is 1.33. The van der Waals surface area contributed by atoms with Gasteiger partial charge in [0.2, 0.25) is 11.8 Å². The smallest absolute Gasteiger partial charge is 0.332 e. The fourth-order valence-corrected chi connectivity index (χ4v) is 3.27. The molecule has 0 fully saturated rings. The molecule has 1 aromatic carbocycles. The van der Waals surface area contributed by atoms with Gasteiger partial charge in [-0.05, 0) is 25.5 Å². The Morgan fingerprint density at radius 1 is 1.13 bits per heavy atom. The lowest BCUT2D eigenvalue weighted by atomic mass is 10.1. The molecule has 3 aromatic heterocycles. The van der Waals surface area contributed by atoms with Crippen LogP contribution in [0.4, 0.5) is 6.01 Å². The van der Waals surface area contributed by atoms with Gasteiger partial charge in [0.15, 0.2) is 11.2 Å². The second-order valence-electron chi connectivity index (χ2n) is 7.03. The number of imidazole rings is 1. The molecule has 0 atom stereocenters. The number of anilines is 1. The molecule has 154 valence electrons. The topological polar surface area (TPSA) is 130 Å². The molecule has 4 aromatic rings. The molecule has 0 bridgehead atoms. The molecule has 0 radical (unpaired) electrons. The predicted octanol–water partition coefficient (Wildman–Crippen LogP) is 0.739. The normalized spacial score (nSPS) is 11.2. The number of carbonyl (C=O) groups is 1. The van der Waals surface area contributed by atoms with E-state index in [-0.39, 0.29) is 23.7 Å². The van der Waals surface area contributed by atoms with Gasteiger partial charge in [-0.2, -0.15) is 0 Å². The van der Waals surface area contributed by atoms with Crippen LogP contribution < -0.4 is 16.6 Å². The van der Waals surface area contributed by atoms with E-state index in [4.69, 9.17) is 4.42 Å². The molecule has 30 heavy (non-hydrogen) atoms. The lowest BCUT2D eigenvalue weighted by molar-refractivity contribution is -0.116. The summed E-state index contributed by atoms with van der Waals surface area (Å²) in [5.41, 5.74) is 2.18. The highest BCUT2D eigenvalue weighted by atomic mass is 16.4. The zero-order valence-electron chi connectivity index (χ0n) is 16.8. The molecule has 11 heteroatoms. The molecule has 0 aliphatic heterocycles. The van der Waals surface area contributed by atoms with Crippen molar-refractivity contribution in [2.75, 3.05) is 5.32 Å². The molecule has 0 spiro atoms. The maximum atomic E-state index is 12.5. The van der Waals surface area contributed by atoms with E-state index in [1.807, 2.05) is 32.0 Å². The van der Waals surface area contributed by atoms with E-state index in [2.05, 4.69) is 20.5 Å². The SMILES string of the molecule is Cc1ccc(-c2nnc(NC(=O)Cn3cnc4c3c(=O)n(C)c(=O)n4C)o2)c(C)c1. The van der Waals surface area contributed by atoms with Gasteiger partial charge in [0.1, 0.15) is 6.54 Å². The first-order chi connectivity index (χ1) is 14.3. The number of fused-ring (bicyclic) bond motifs is 1. The predicted molar refractivity (Wildman–Crippen MR) is 108 cm³/mol. The van der Waals surface area contributed by atoms with Crippen LogP contribution in [0.3, 0.4) is 0 Å². The minimum Gasteiger partial charge on any atom is -0.403 e. The Kier molecular flexibility index (Phi) is 4.57. The molecule has 1 N–H and O–H groups in total. The number of aryl methyl sites for hydroxylation is 3. The van der Waals surface area contributed by atoms with Crippen molar-refractivity contribution in [2.24, 2.45) is 14.1 Å². The highest BCUT2D eigenvalue weighted by Gasteiger charge is 2.18. The summed E-state index contributed by atoms with van der Waals surface area (Å²) in [4.78, 5) is 41.0. The average molecular weight is 409 g/mol. The van der Waals surface area contributed by atoms with Crippen LogP contribution in [0.2, 0.25) is 0 Å². The molecule has 3 heterocycles. The third-order valence-corrected chi connectivity index (χ3v) is 4.81. The van der Waals surface area contributed by atoms with Crippen molar-refractivity contribution in [3.63, 3.8) is 0 Å². The van der Waals surface area contributed by atoms with Crippen LogP contribution >= 0.6 is 0 Å². The third kappa shape index (κ3) is 3.19. The summed E-state index contributed by atoms with van der Waals surface area (Å²) in [7, 11) is 2.88. The highest BCUT2D eigenvalue weighted by molar-refractivity contribution is 5.89. The number of aromatic nitrogens is 6. The van der Waals surface area contributed by atoms with Crippen LogP contribution in [0, 0.1) is 13.8 Å². The number of nitrogens with one attached hydrogen (secondary N) is 1. The van der Waals surface area contributed by atoms with E-state index in [1.54, 1.807) is 0 Å². The number of carbonyl (C=O) groups excluding carboxylic acids is 1. The largest absolute Gasteiger partial charge is 0.403 e. The van der Waals surface area contributed by atoms with E-state index < -0.39 is 17.2 Å². The Morgan fingerprint density at radius 2 is 1.90 bits per heavy atom. The lowest BCUT2D eigenvalue weighted by Gasteiger charge is -2.06. The maximum Gasteiger partial charge on any atom is 0.332 e. The fraction of sp³-hybridized carbons (Fsp3) is 0.263. The van der Waals surface area contributed by atoms with E-state index in [9.17, 15) is 14.4 Å². The van der Waals surface area contributed by atoms with E-state index in [0.29, 0.717) is 5.89 Å². The Bertz CT molecular complexity index is 1410. The summed E-state index contributed by atoms with van der Waals surface area (Å²) >= 11 is 0. The molecule has 0 unspecified atom stereocenters. The molecule has 4 rings (SSSR count). The molecule has 0 saturated heterocycles. The Balaban J connectivity index is 1.57. The van der Waals surface area contributed by atoms with Gasteiger partial charge in [0, 0.05) is 19.7 Å². The van der Waals surface area contributed by atoms with Gasteiger partial charge < -0.3 is 8.98 Å². The molecular formula is C19H19N7O4. The highest BCUT2D eigenvalue weighted by Crippen LogP contribution is 2.24. The van der Waals surface area contributed by atoms with Crippen molar-refractivity contribution in [3.05, 3.63) is 56.5 Å². The minimum atomic E-state index is -0.534. The van der Waals surface area contributed by atoms with Gasteiger partial charge in [0.25, 0.3) is 5.56 Å². The summed E-state index contributed by atoms with van der Waals surface area (Å²) in [6, 6.07) is 5.75. The number of amides is 1. The summed E-state index contributed by atoms with van der Waals surface area (Å²) in [5.74, 6) is -0.194. The van der Waals surface area contributed by atoms with Gasteiger partial charge in [-0.25, -0.2) is 9.78 Å². The van der Waals surface area contributed by atoms with Gasteiger partial charge in [-0.1, -0.05) is 22.8 Å². The zero-order valence-corrected chi connectivity index (χ0v) is 16.8. The third-order valence-electron chi connectivity index (χ3n) is 4.81. The second kappa shape index (κ2) is 7.10. The maximum absolute atomic E-state index is 12.5. The molecule has 0 aliphatic carbocycles. The first-order valence-electron chi connectivity index (χ1n) is 9.08. The quantitative estimate of drug-likeness (QED) is 0.526. The first kappa shape index (κ1) is 19.3. The van der Waals surface area contributed by atoms with Gasteiger partial charge in [-0.15, -0.1) is 5.10 Å². The first-order valence-corrected chi connectivity index (χ1v) is 9.08. The number of benzene rings is 1. The van der Waals surface area contributed by atoms with Crippen LogP contribution in [0.15, 0.2) is 38.5 Å². The van der Waals surface area contributed by atoms with Crippen LogP contribution in [0.1, 0.15) is 11.1 Å². The number of nitrogens with zero attached hydrogens (tertiary/aromatic N) is 6. The number of hydrogen-bond donors (Lipinski definition) is 1. The molecule has 0 saturated carbocycles. The van der Waals surface area contributed by atoms with Gasteiger partial charge >= 0.3 is 11.7 Å². The van der Waals surface area contributed by atoms with Crippen LogP contribution in [0.5, 0.6) is 0 Å². The van der Waals surface area contributed by atoms with Crippen molar-refractivity contribution in [2.45, 2.75) is 20.4 Å². The molecule has 1 amide bonds. The summed E-state index contributed by atoms with van der Waals surface area (Å²) < 4.78 is 9.14. The standard InChI is InChI=1S/C19H19N7O4/c1-10-5-6-12(11(2)7-10)16-22-23-18(30-16)21-13(27)8-26-9-20-15-14(26)17(28)25(4)19(29)24(15)3/h5-7,9H,8H2,1-4H3,(H,21,23,27). The minimum absolute atomic E-state index is 0.0558. The van der Waals surface area contributed by atoms with Crippen LogP contribution in [-0.2, 0) is 25.4 Å². The fourth-order valence-electron chi connectivity index (χ4n) is 3.27. The molecule has 0 aliphatic rings. The average Bonchev–Trinajstić information content (AvgIpc) is 3.32. The van der Waals surface area contributed by atoms with Crippen molar-refractivity contribution in [1.29, 1.82) is 0 Å². The van der Waals surface area contributed by atoms with Crippen molar-refractivity contribution < 1.29 is 9.21 Å².